The zero-order valence-electron chi connectivity index (χ0n) is 15.3. The highest BCUT2D eigenvalue weighted by molar-refractivity contribution is 6.30. The van der Waals surface area contributed by atoms with Gasteiger partial charge in [0.15, 0.2) is 0 Å². The molecular weight excluding hydrogens is 338 g/mol. The second-order valence-electron chi connectivity index (χ2n) is 7.11. The van der Waals surface area contributed by atoms with Crippen LogP contribution in [0, 0.1) is 0 Å². The molecule has 0 radical (unpaired) electrons. The van der Waals surface area contributed by atoms with E-state index in [1.165, 1.54) is 19.8 Å². The Morgan fingerprint density at radius 3 is 2.32 bits per heavy atom. The van der Waals surface area contributed by atoms with Gasteiger partial charge >= 0.3 is 0 Å². The van der Waals surface area contributed by atoms with Gasteiger partial charge in [-0.3, -0.25) is 9.59 Å². The van der Waals surface area contributed by atoms with Crippen LogP contribution in [0.5, 0.6) is 0 Å². The van der Waals surface area contributed by atoms with Crippen LogP contribution in [-0.2, 0) is 9.59 Å². The van der Waals surface area contributed by atoms with Gasteiger partial charge in [-0.2, -0.15) is 0 Å². The summed E-state index contributed by atoms with van der Waals surface area (Å²) < 4.78 is 0. The lowest BCUT2D eigenvalue weighted by molar-refractivity contribution is -0.123. The molecule has 1 fully saturated rings. The van der Waals surface area contributed by atoms with Crippen LogP contribution in [0.1, 0.15) is 50.6 Å². The minimum absolute atomic E-state index is 0.0539. The number of carbonyl (C=O) groups is 2. The molecule has 0 spiro atoms. The molecule has 1 aromatic rings. The Hall–Kier alpha value is -1.59. The molecule has 1 unspecified atom stereocenters. The first-order valence-corrected chi connectivity index (χ1v) is 9.17. The summed E-state index contributed by atoms with van der Waals surface area (Å²) in [6.45, 7) is 2.10. The Bertz CT molecular complexity index is 595. The fourth-order valence-electron chi connectivity index (χ4n) is 3.53. The third kappa shape index (κ3) is 5.44. The average Bonchev–Trinajstić information content (AvgIpc) is 3.03. The predicted octanol–water partition coefficient (Wildman–Crippen LogP) is 2.90. The van der Waals surface area contributed by atoms with Gasteiger partial charge in [0.05, 0.1) is 12.5 Å². The van der Waals surface area contributed by atoms with E-state index >= 15 is 0 Å². The fraction of sp³-hybridized carbons (Fsp3) is 0.579. The summed E-state index contributed by atoms with van der Waals surface area (Å²) >= 11 is 5.92. The van der Waals surface area contributed by atoms with Crippen LogP contribution in [0.3, 0.4) is 0 Å². The smallest absolute Gasteiger partial charge is 0.222 e. The molecular formula is C19H28ClN3O2. The van der Waals surface area contributed by atoms with Gasteiger partial charge < -0.3 is 15.5 Å². The fourth-order valence-corrected chi connectivity index (χ4v) is 3.65. The van der Waals surface area contributed by atoms with Crippen molar-refractivity contribution in [3.05, 3.63) is 34.9 Å². The highest BCUT2D eigenvalue weighted by Crippen LogP contribution is 2.33. The number of likely N-dealkylation sites (N-methyl/N-ethyl adjacent to an activating group) is 1. The molecule has 0 bridgehead atoms. The molecule has 138 valence electrons. The molecule has 2 rings (SSSR count). The average molecular weight is 366 g/mol. The third-order valence-corrected chi connectivity index (χ3v) is 5.39. The van der Waals surface area contributed by atoms with E-state index in [0.717, 1.165) is 18.4 Å². The number of halogens is 1. The number of nitrogens with one attached hydrogen (secondary N) is 2. The van der Waals surface area contributed by atoms with E-state index in [4.69, 9.17) is 11.6 Å². The molecule has 0 aliphatic heterocycles. The van der Waals surface area contributed by atoms with Crippen molar-refractivity contribution in [2.24, 2.45) is 0 Å². The zero-order valence-corrected chi connectivity index (χ0v) is 16.0. The number of hydrogen-bond acceptors (Lipinski definition) is 3. The van der Waals surface area contributed by atoms with Gasteiger partial charge in [-0.1, -0.05) is 36.6 Å². The van der Waals surface area contributed by atoms with Crippen LogP contribution in [0.25, 0.3) is 0 Å². The van der Waals surface area contributed by atoms with E-state index in [1.807, 2.05) is 12.1 Å². The number of benzene rings is 1. The number of carbonyl (C=O) groups excluding carboxylic acids is 2. The second kappa shape index (κ2) is 8.68. The van der Waals surface area contributed by atoms with Gasteiger partial charge in [-0.15, -0.1) is 0 Å². The van der Waals surface area contributed by atoms with E-state index in [2.05, 4.69) is 29.6 Å². The number of hydrogen-bond donors (Lipinski definition) is 2. The number of amides is 2. The maximum atomic E-state index is 12.5. The molecule has 1 aliphatic carbocycles. The molecule has 1 aliphatic rings. The molecule has 1 atom stereocenters. The summed E-state index contributed by atoms with van der Waals surface area (Å²) in [5, 5.41) is 6.56. The number of rotatable bonds is 7. The van der Waals surface area contributed by atoms with Gasteiger partial charge in [0.1, 0.15) is 0 Å². The van der Waals surface area contributed by atoms with Crippen molar-refractivity contribution in [2.45, 2.75) is 50.6 Å². The molecule has 2 N–H and O–H groups in total. The van der Waals surface area contributed by atoms with E-state index in [9.17, 15) is 9.59 Å². The molecule has 6 heteroatoms. The van der Waals surface area contributed by atoms with Gasteiger partial charge in [-0.25, -0.2) is 0 Å². The summed E-state index contributed by atoms with van der Waals surface area (Å²) in [4.78, 5) is 26.2. The summed E-state index contributed by atoms with van der Waals surface area (Å²) in [6.07, 6.45) is 4.82. The van der Waals surface area contributed by atoms with Gasteiger partial charge in [0.25, 0.3) is 0 Å². The summed E-state index contributed by atoms with van der Waals surface area (Å²) in [5.41, 5.74) is 0.928. The zero-order chi connectivity index (χ0) is 18.4. The van der Waals surface area contributed by atoms with E-state index < -0.39 is 0 Å². The quantitative estimate of drug-likeness (QED) is 0.781. The first kappa shape index (κ1) is 19.7. The maximum Gasteiger partial charge on any atom is 0.222 e. The van der Waals surface area contributed by atoms with Crippen molar-refractivity contribution in [1.82, 2.24) is 15.5 Å². The van der Waals surface area contributed by atoms with Crippen molar-refractivity contribution in [3.8, 4) is 0 Å². The maximum absolute atomic E-state index is 12.5. The molecule has 1 aromatic carbocycles. The van der Waals surface area contributed by atoms with Crippen molar-refractivity contribution in [2.75, 3.05) is 20.6 Å². The lowest BCUT2D eigenvalue weighted by Crippen LogP contribution is -2.51. The Kier molecular flexibility index (Phi) is 6.85. The minimum Gasteiger partial charge on any atom is -0.354 e. The van der Waals surface area contributed by atoms with Crippen LogP contribution in [0.4, 0.5) is 0 Å². The van der Waals surface area contributed by atoms with Crippen molar-refractivity contribution in [1.29, 1.82) is 0 Å². The minimum atomic E-state index is -0.353. The molecule has 0 aromatic heterocycles. The molecule has 5 nitrogen and oxygen atoms in total. The highest BCUT2D eigenvalue weighted by Gasteiger charge is 2.36. The normalized spacial score (nSPS) is 17.3. The van der Waals surface area contributed by atoms with Crippen LogP contribution in [0.15, 0.2) is 24.3 Å². The van der Waals surface area contributed by atoms with Crippen LogP contribution in [0.2, 0.25) is 5.02 Å². The molecule has 0 heterocycles. The highest BCUT2D eigenvalue weighted by atomic mass is 35.5. The first-order valence-electron chi connectivity index (χ1n) is 8.79. The first-order chi connectivity index (χ1) is 11.8. The van der Waals surface area contributed by atoms with E-state index in [-0.39, 0.29) is 29.8 Å². The Morgan fingerprint density at radius 2 is 1.80 bits per heavy atom. The third-order valence-electron chi connectivity index (χ3n) is 5.14. The summed E-state index contributed by atoms with van der Waals surface area (Å²) in [6, 6.07) is 6.86. The van der Waals surface area contributed by atoms with E-state index in [0.29, 0.717) is 11.6 Å². The summed E-state index contributed by atoms with van der Waals surface area (Å²) in [7, 11) is 4.15. The van der Waals surface area contributed by atoms with Crippen LogP contribution >= 0.6 is 11.6 Å². The van der Waals surface area contributed by atoms with Crippen molar-refractivity contribution in [3.63, 3.8) is 0 Å². The molecule has 1 saturated carbocycles. The standard InChI is InChI=1S/C19H28ClN3O2/c1-14(24)22-17(15-6-8-16(20)9-7-15)12-18(25)21-13-19(23(2)3)10-4-5-11-19/h6-9,17H,4-5,10-13H2,1-3H3,(H,21,25)(H,22,24). The predicted molar refractivity (Wildman–Crippen MR) is 101 cm³/mol. The van der Waals surface area contributed by atoms with Gasteiger partial charge in [0.2, 0.25) is 11.8 Å². The molecule has 25 heavy (non-hydrogen) atoms. The largest absolute Gasteiger partial charge is 0.354 e. The Labute approximate surface area is 155 Å². The van der Waals surface area contributed by atoms with Crippen LogP contribution < -0.4 is 10.6 Å². The topological polar surface area (TPSA) is 61.4 Å². The second-order valence-corrected chi connectivity index (χ2v) is 7.55. The van der Waals surface area contributed by atoms with Gasteiger partial charge in [-0.05, 0) is 44.6 Å². The Morgan fingerprint density at radius 1 is 1.20 bits per heavy atom. The van der Waals surface area contributed by atoms with Crippen molar-refractivity contribution >= 4 is 23.4 Å². The van der Waals surface area contributed by atoms with Crippen LogP contribution in [-0.4, -0.2) is 42.9 Å². The Balaban J connectivity index is 1.99. The van der Waals surface area contributed by atoms with E-state index in [1.54, 1.807) is 12.1 Å². The monoisotopic (exact) mass is 365 g/mol. The van der Waals surface area contributed by atoms with Gasteiger partial charge in [0, 0.05) is 24.0 Å². The molecule has 0 saturated heterocycles. The molecule has 2 amide bonds. The SMILES string of the molecule is CC(=O)NC(CC(=O)NCC1(N(C)C)CCCC1)c1ccc(Cl)cc1. The lowest BCUT2D eigenvalue weighted by Gasteiger charge is -2.36. The van der Waals surface area contributed by atoms with Crippen molar-refractivity contribution < 1.29 is 9.59 Å². The summed E-state index contributed by atoms with van der Waals surface area (Å²) in [5.74, 6) is -0.213. The number of nitrogens with zero attached hydrogens (tertiary/aromatic N) is 1. The lowest BCUT2D eigenvalue weighted by atomic mass is 9.95.